The normalized spacial score (nSPS) is 11.0. The molecule has 1 heterocycles. The summed E-state index contributed by atoms with van der Waals surface area (Å²) in [5.41, 5.74) is 2.10. The third-order valence-corrected chi connectivity index (χ3v) is 5.87. The molecule has 2 aromatic carbocycles. The van der Waals surface area contributed by atoms with Gasteiger partial charge in [0.1, 0.15) is 0 Å². The summed E-state index contributed by atoms with van der Waals surface area (Å²) in [4.78, 5) is 30.0. The fourth-order valence-corrected chi connectivity index (χ4v) is 3.93. The van der Waals surface area contributed by atoms with Crippen molar-refractivity contribution in [1.29, 1.82) is 0 Å². The van der Waals surface area contributed by atoms with E-state index in [1.165, 1.54) is 11.8 Å². The molecule has 3 rings (SSSR count). The first-order chi connectivity index (χ1) is 14.5. The van der Waals surface area contributed by atoms with Gasteiger partial charge in [-0.2, -0.15) is 0 Å². The Bertz CT molecular complexity index is 1100. The lowest BCUT2D eigenvalue weighted by atomic mass is 10.2. The first-order valence-corrected chi connectivity index (χ1v) is 11.1. The fourth-order valence-electron chi connectivity index (χ4n) is 2.92. The van der Waals surface area contributed by atoms with Gasteiger partial charge in [-0.25, -0.2) is 4.98 Å². The minimum atomic E-state index is -0.191. The maximum atomic E-state index is 13.0. The third kappa shape index (κ3) is 5.62. The van der Waals surface area contributed by atoms with Crippen LogP contribution in [-0.4, -0.2) is 34.4 Å². The van der Waals surface area contributed by atoms with E-state index in [1.54, 1.807) is 22.8 Å². The second-order valence-electron chi connectivity index (χ2n) is 6.72. The monoisotopic (exact) mass is 445 g/mol. The van der Waals surface area contributed by atoms with Gasteiger partial charge in [-0.1, -0.05) is 41.6 Å². The SMILES string of the molecule is CCOCCCn1c(SCC(=O)Nc2ccc(C)c(Cl)c2)nc2ccccc2c1=O. The number of amides is 1. The van der Waals surface area contributed by atoms with Gasteiger partial charge in [0.15, 0.2) is 5.16 Å². The summed E-state index contributed by atoms with van der Waals surface area (Å²) in [6.45, 7) is 5.52. The first kappa shape index (κ1) is 22.3. The summed E-state index contributed by atoms with van der Waals surface area (Å²) in [5, 5.41) is 4.52. The number of para-hydroxylation sites is 1. The molecule has 1 N–H and O–H groups in total. The Balaban J connectivity index is 1.76. The highest BCUT2D eigenvalue weighted by Crippen LogP contribution is 2.21. The number of carbonyl (C=O) groups excluding carboxylic acids is 1. The van der Waals surface area contributed by atoms with Crippen molar-refractivity contribution in [2.24, 2.45) is 0 Å². The Morgan fingerprint density at radius 1 is 1.27 bits per heavy atom. The number of thioether (sulfide) groups is 1. The van der Waals surface area contributed by atoms with Crippen LogP contribution in [0.4, 0.5) is 5.69 Å². The van der Waals surface area contributed by atoms with E-state index in [0.29, 0.717) is 52.9 Å². The summed E-state index contributed by atoms with van der Waals surface area (Å²) in [5.74, 6) is -0.0648. The molecule has 0 unspecified atom stereocenters. The zero-order chi connectivity index (χ0) is 21.5. The lowest BCUT2D eigenvalue weighted by Gasteiger charge is -2.13. The number of hydrogen-bond donors (Lipinski definition) is 1. The minimum absolute atomic E-state index is 0.106. The van der Waals surface area contributed by atoms with Gasteiger partial charge in [-0.15, -0.1) is 0 Å². The fraction of sp³-hybridized carbons (Fsp3) is 0.318. The maximum Gasteiger partial charge on any atom is 0.262 e. The molecule has 3 aromatic rings. The predicted molar refractivity (Wildman–Crippen MR) is 123 cm³/mol. The lowest BCUT2D eigenvalue weighted by Crippen LogP contribution is -2.25. The quantitative estimate of drug-likeness (QED) is 0.298. The standard InChI is InChI=1S/C22H24ClN3O3S/c1-3-29-12-6-11-26-21(28)17-7-4-5-8-19(17)25-22(26)30-14-20(27)24-16-10-9-15(2)18(23)13-16/h4-5,7-10,13H,3,6,11-12,14H2,1-2H3,(H,24,27). The Morgan fingerprint density at radius 2 is 2.07 bits per heavy atom. The molecular weight excluding hydrogens is 422 g/mol. The van der Waals surface area contributed by atoms with Gasteiger partial charge in [-0.05, 0) is 50.1 Å². The van der Waals surface area contributed by atoms with Crippen LogP contribution in [0, 0.1) is 6.92 Å². The van der Waals surface area contributed by atoms with Crippen LogP contribution in [0.15, 0.2) is 52.4 Å². The Hall–Kier alpha value is -2.35. The van der Waals surface area contributed by atoms with E-state index in [4.69, 9.17) is 16.3 Å². The molecule has 8 heteroatoms. The number of anilines is 1. The van der Waals surface area contributed by atoms with E-state index in [-0.39, 0.29) is 17.2 Å². The molecule has 0 spiro atoms. The molecule has 6 nitrogen and oxygen atoms in total. The summed E-state index contributed by atoms with van der Waals surface area (Å²) in [6.07, 6.45) is 0.690. The van der Waals surface area contributed by atoms with Gasteiger partial charge in [-0.3, -0.25) is 14.2 Å². The molecule has 0 atom stereocenters. The molecule has 0 aliphatic heterocycles. The molecule has 0 radical (unpaired) electrons. The van der Waals surface area contributed by atoms with Gasteiger partial charge in [0, 0.05) is 30.5 Å². The molecular formula is C22H24ClN3O3S. The highest BCUT2D eigenvalue weighted by molar-refractivity contribution is 7.99. The topological polar surface area (TPSA) is 73.2 Å². The molecule has 0 aliphatic rings. The number of benzene rings is 2. The summed E-state index contributed by atoms with van der Waals surface area (Å²) >= 11 is 7.36. The smallest absolute Gasteiger partial charge is 0.262 e. The second kappa shape index (κ2) is 10.6. The number of aryl methyl sites for hydroxylation is 1. The van der Waals surface area contributed by atoms with Crippen LogP contribution in [0.3, 0.4) is 0 Å². The highest BCUT2D eigenvalue weighted by Gasteiger charge is 2.13. The number of hydrogen-bond acceptors (Lipinski definition) is 5. The lowest BCUT2D eigenvalue weighted by molar-refractivity contribution is -0.113. The van der Waals surface area contributed by atoms with E-state index in [2.05, 4.69) is 10.3 Å². The van der Waals surface area contributed by atoms with Crippen molar-refractivity contribution in [3.05, 3.63) is 63.4 Å². The number of ether oxygens (including phenoxy) is 1. The summed E-state index contributed by atoms with van der Waals surface area (Å²) in [7, 11) is 0. The van der Waals surface area contributed by atoms with Crippen LogP contribution in [-0.2, 0) is 16.1 Å². The van der Waals surface area contributed by atoms with Crippen LogP contribution in [0.25, 0.3) is 10.9 Å². The van der Waals surface area contributed by atoms with Crippen molar-refractivity contribution in [2.45, 2.75) is 32.0 Å². The Morgan fingerprint density at radius 3 is 2.83 bits per heavy atom. The van der Waals surface area contributed by atoms with Crippen LogP contribution >= 0.6 is 23.4 Å². The molecule has 1 amide bonds. The van der Waals surface area contributed by atoms with Gasteiger partial charge in [0.2, 0.25) is 5.91 Å². The van der Waals surface area contributed by atoms with E-state index in [1.807, 2.05) is 38.1 Å². The van der Waals surface area contributed by atoms with Gasteiger partial charge in [0.05, 0.1) is 16.7 Å². The number of aromatic nitrogens is 2. The van der Waals surface area contributed by atoms with Crippen molar-refractivity contribution in [1.82, 2.24) is 9.55 Å². The number of carbonyl (C=O) groups is 1. The number of fused-ring (bicyclic) bond motifs is 1. The van der Waals surface area contributed by atoms with Gasteiger partial charge in [0.25, 0.3) is 5.56 Å². The van der Waals surface area contributed by atoms with Crippen LogP contribution < -0.4 is 10.9 Å². The highest BCUT2D eigenvalue weighted by atomic mass is 35.5. The van der Waals surface area contributed by atoms with E-state index >= 15 is 0 Å². The molecule has 30 heavy (non-hydrogen) atoms. The number of nitrogens with zero attached hydrogens (tertiary/aromatic N) is 2. The third-order valence-electron chi connectivity index (χ3n) is 4.49. The Kier molecular flexibility index (Phi) is 7.90. The zero-order valence-electron chi connectivity index (χ0n) is 17.0. The maximum absolute atomic E-state index is 13.0. The largest absolute Gasteiger partial charge is 0.382 e. The molecule has 1 aromatic heterocycles. The summed E-state index contributed by atoms with van der Waals surface area (Å²) < 4.78 is 7.01. The van der Waals surface area contributed by atoms with Crippen molar-refractivity contribution in [2.75, 3.05) is 24.3 Å². The first-order valence-electron chi connectivity index (χ1n) is 9.75. The van der Waals surface area contributed by atoms with Crippen molar-refractivity contribution in [3.63, 3.8) is 0 Å². The van der Waals surface area contributed by atoms with Gasteiger partial charge < -0.3 is 10.1 Å². The molecule has 0 bridgehead atoms. The van der Waals surface area contributed by atoms with E-state index < -0.39 is 0 Å². The van der Waals surface area contributed by atoms with Gasteiger partial charge >= 0.3 is 0 Å². The molecule has 0 saturated carbocycles. The minimum Gasteiger partial charge on any atom is -0.382 e. The van der Waals surface area contributed by atoms with Crippen molar-refractivity contribution in [3.8, 4) is 0 Å². The average Bonchev–Trinajstić information content (AvgIpc) is 2.74. The molecule has 158 valence electrons. The van der Waals surface area contributed by atoms with Crippen LogP contribution in [0.5, 0.6) is 0 Å². The summed E-state index contributed by atoms with van der Waals surface area (Å²) in [6, 6.07) is 12.6. The number of rotatable bonds is 9. The number of nitrogens with one attached hydrogen (secondary N) is 1. The van der Waals surface area contributed by atoms with Crippen molar-refractivity contribution < 1.29 is 9.53 Å². The molecule has 0 aliphatic carbocycles. The molecule has 0 saturated heterocycles. The van der Waals surface area contributed by atoms with Crippen molar-refractivity contribution >= 4 is 45.9 Å². The average molecular weight is 446 g/mol. The van der Waals surface area contributed by atoms with E-state index in [9.17, 15) is 9.59 Å². The Labute approximate surface area is 184 Å². The predicted octanol–water partition coefficient (Wildman–Crippen LogP) is 4.52. The number of halogens is 1. The van der Waals surface area contributed by atoms with Crippen LogP contribution in [0.2, 0.25) is 5.02 Å². The van der Waals surface area contributed by atoms with E-state index in [0.717, 1.165) is 5.56 Å². The van der Waals surface area contributed by atoms with Crippen LogP contribution in [0.1, 0.15) is 18.9 Å². The molecule has 0 fully saturated rings. The zero-order valence-corrected chi connectivity index (χ0v) is 18.6. The second-order valence-corrected chi connectivity index (χ2v) is 8.07.